The topological polar surface area (TPSA) is 39.1 Å². The third-order valence-corrected chi connectivity index (χ3v) is 5.62. The largest absolute Gasteiger partial charge is 0.377 e. The Balaban J connectivity index is 1.65. The fraction of sp³-hybridized carbons (Fsp3) is 0.824. The molecule has 2 fully saturated rings. The van der Waals surface area contributed by atoms with E-state index in [0.717, 1.165) is 6.42 Å². The highest BCUT2D eigenvalue weighted by atomic mass is 16.5. The molecule has 3 rings (SSSR count). The number of hydrogen-bond donors (Lipinski definition) is 1. The van der Waals surface area contributed by atoms with Crippen molar-refractivity contribution in [1.82, 2.24) is 15.1 Å². The van der Waals surface area contributed by atoms with Gasteiger partial charge in [0.2, 0.25) is 0 Å². The van der Waals surface area contributed by atoms with E-state index in [0.29, 0.717) is 12.1 Å². The van der Waals surface area contributed by atoms with Crippen molar-refractivity contribution < 1.29 is 4.74 Å². The third-order valence-electron chi connectivity index (χ3n) is 5.62. The summed E-state index contributed by atoms with van der Waals surface area (Å²) in [6, 6.07) is 3.19. The highest BCUT2D eigenvalue weighted by Gasteiger charge is 2.43. The lowest BCUT2D eigenvalue weighted by atomic mass is 9.73. The molecule has 1 aromatic rings. The molecular weight excluding hydrogens is 262 g/mol. The molecule has 1 aromatic heterocycles. The molecule has 4 heteroatoms. The summed E-state index contributed by atoms with van der Waals surface area (Å²) in [6.45, 7) is 0. The second-order valence-corrected chi connectivity index (χ2v) is 6.75. The van der Waals surface area contributed by atoms with Gasteiger partial charge < -0.3 is 10.1 Å². The average molecular weight is 291 g/mol. The minimum atomic E-state index is 0.0311. The zero-order chi connectivity index (χ0) is 14.7. The molecule has 2 aliphatic rings. The Bertz CT molecular complexity index is 441. The normalized spacial score (nSPS) is 23.7. The molecule has 1 atom stereocenters. The number of hydrogen-bond acceptors (Lipinski definition) is 3. The molecule has 0 spiro atoms. The summed E-state index contributed by atoms with van der Waals surface area (Å²) < 4.78 is 8.03. The van der Waals surface area contributed by atoms with Crippen LogP contribution in [0.1, 0.15) is 63.1 Å². The summed E-state index contributed by atoms with van der Waals surface area (Å²) in [5, 5.41) is 8.31. The first-order chi connectivity index (χ1) is 10.3. The van der Waals surface area contributed by atoms with Crippen LogP contribution in [0.4, 0.5) is 0 Å². The van der Waals surface area contributed by atoms with Crippen LogP contribution in [0.3, 0.4) is 0 Å². The summed E-state index contributed by atoms with van der Waals surface area (Å²) in [5.41, 5.74) is 1.23. The van der Waals surface area contributed by atoms with E-state index in [2.05, 4.69) is 22.3 Å². The van der Waals surface area contributed by atoms with E-state index in [1.807, 2.05) is 14.2 Å². The fourth-order valence-corrected chi connectivity index (χ4v) is 4.02. The van der Waals surface area contributed by atoms with Gasteiger partial charge in [0.1, 0.15) is 0 Å². The molecule has 1 heterocycles. The van der Waals surface area contributed by atoms with Gasteiger partial charge in [-0.25, -0.2) is 0 Å². The number of nitrogens with zero attached hydrogens (tertiary/aromatic N) is 2. The van der Waals surface area contributed by atoms with E-state index in [1.165, 1.54) is 57.1 Å². The van der Waals surface area contributed by atoms with Gasteiger partial charge in [-0.3, -0.25) is 4.68 Å². The van der Waals surface area contributed by atoms with Gasteiger partial charge in [0.25, 0.3) is 0 Å². The maximum Gasteiger partial charge on any atom is 0.0834 e. The van der Waals surface area contributed by atoms with E-state index in [1.54, 1.807) is 0 Å². The van der Waals surface area contributed by atoms with Crippen LogP contribution in [0, 0.1) is 0 Å². The maximum atomic E-state index is 5.83. The van der Waals surface area contributed by atoms with Crippen LogP contribution in [0.15, 0.2) is 12.3 Å². The molecule has 21 heavy (non-hydrogen) atoms. The minimum Gasteiger partial charge on any atom is -0.377 e. The van der Waals surface area contributed by atoms with Crippen LogP contribution in [0.25, 0.3) is 0 Å². The number of nitrogens with one attached hydrogen (secondary N) is 1. The lowest BCUT2D eigenvalue weighted by Gasteiger charge is -2.46. The van der Waals surface area contributed by atoms with Gasteiger partial charge in [0.15, 0.2) is 0 Å². The van der Waals surface area contributed by atoms with Crippen molar-refractivity contribution in [2.75, 3.05) is 14.2 Å². The Hall–Kier alpha value is -0.870. The SMILES string of the molecule is CNC(Cc1ccn(C2CCCCC2)n1)C1(OC)CCC1. The number of aromatic nitrogens is 2. The smallest absolute Gasteiger partial charge is 0.0834 e. The van der Waals surface area contributed by atoms with Gasteiger partial charge in [0, 0.05) is 25.8 Å². The lowest BCUT2D eigenvalue weighted by Crippen LogP contribution is -2.56. The van der Waals surface area contributed by atoms with Crippen LogP contribution in [-0.2, 0) is 11.2 Å². The van der Waals surface area contributed by atoms with Gasteiger partial charge >= 0.3 is 0 Å². The summed E-state index contributed by atoms with van der Waals surface area (Å²) >= 11 is 0. The van der Waals surface area contributed by atoms with Crippen molar-refractivity contribution in [2.45, 2.75) is 75.5 Å². The Morgan fingerprint density at radius 1 is 1.33 bits per heavy atom. The lowest BCUT2D eigenvalue weighted by molar-refractivity contribution is -0.0968. The van der Waals surface area contributed by atoms with Crippen molar-refractivity contribution in [1.29, 1.82) is 0 Å². The number of methoxy groups -OCH3 is 1. The molecule has 4 nitrogen and oxygen atoms in total. The zero-order valence-corrected chi connectivity index (χ0v) is 13.5. The molecule has 0 aromatic carbocycles. The van der Waals surface area contributed by atoms with Crippen molar-refractivity contribution in [3.05, 3.63) is 18.0 Å². The molecule has 0 aliphatic heterocycles. The number of likely N-dealkylation sites (N-methyl/N-ethyl adjacent to an activating group) is 1. The number of rotatable bonds is 6. The first kappa shape index (κ1) is 15.0. The second-order valence-electron chi connectivity index (χ2n) is 6.75. The Morgan fingerprint density at radius 3 is 2.67 bits per heavy atom. The van der Waals surface area contributed by atoms with E-state index in [9.17, 15) is 0 Å². The summed E-state index contributed by atoms with van der Waals surface area (Å²) in [6.07, 6.45) is 13.4. The van der Waals surface area contributed by atoms with Crippen molar-refractivity contribution in [2.24, 2.45) is 0 Å². The molecular formula is C17H29N3O. The molecule has 1 N–H and O–H groups in total. The summed E-state index contributed by atoms with van der Waals surface area (Å²) in [4.78, 5) is 0. The highest BCUT2D eigenvalue weighted by molar-refractivity contribution is 5.08. The van der Waals surface area contributed by atoms with E-state index in [4.69, 9.17) is 9.84 Å². The molecule has 2 saturated carbocycles. The van der Waals surface area contributed by atoms with E-state index < -0.39 is 0 Å². The van der Waals surface area contributed by atoms with Gasteiger partial charge in [-0.15, -0.1) is 0 Å². The zero-order valence-electron chi connectivity index (χ0n) is 13.5. The molecule has 0 amide bonds. The summed E-state index contributed by atoms with van der Waals surface area (Å²) in [7, 11) is 3.89. The van der Waals surface area contributed by atoms with Crippen molar-refractivity contribution in [3.63, 3.8) is 0 Å². The molecule has 1 unspecified atom stereocenters. The quantitative estimate of drug-likeness (QED) is 0.875. The molecule has 0 saturated heterocycles. The second kappa shape index (κ2) is 6.49. The summed E-state index contributed by atoms with van der Waals surface area (Å²) in [5.74, 6) is 0. The molecule has 118 valence electrons. The van der Waals surface area contributed by atoms with Crippen LogP contribution in [0.2, 0.25) is 0 Å². The van der Waals surface area contributed by atoms with E-state index in [-0.39, 0.29) is 5.60 Å². The van der Waals surface area contributed by atoms with Gasteiger partial charge in [-0.2, -0.15) is 5.10 Å². The first-order valence-corrected chi connectivity index (χ1v) is 8.54. The van der Waals surface area contributed by atoms with Gasteiger partial charge in [0.05, 0.1) is 17.3 Å². The Kier molecular flexibility index (Phi) is 4.65. The predicted molar refractivity (Wildman–Crippen MR) is 84.5 cm³/mol. The predicted octanol–water partition coefficient (Wildman–Crippen LogP) is 3.09. The Morgan fingerprint density at radius 2 is 2.10 bits per heavy atom. The molecule has 0 bridgehead atoms. The fourth-order valence-electron chi connectivity index (χ4n) is 4.02. The minimum absolute atomic E-state index is 0.0311. The third kappa shape index (κ3) is 3.02. The van der Waals surface area contributed by atoms with Gasteiger partial charge in [-0.1, -0.05) is 19.3 Å². The van der Waals surface area contributed by atoms with Crippen molar-refractivity contribution >= 4 is 0 Å². The van der Waals surface area contributed by atoms with Crippen LogP contribution in [0.5, 0.6) is 0 Å². The molecule has 0 radical (unpaired) electrons. The standard InChI is InChI=1S/C17H29N3O/c1-18-16(17(21-2)10-6-11-17)13-14-9-12-20(19-14)15-7-4-3-5-8-15/h9,12,15-16,18H,3-8,10-11,13H2,1-2H3. The molecule has 2 aliphatic carbocycles. The van der Waals surface area contributed by atoms with Crippen molar-refractivity contribution in [3.8, 4) is 0 Å². The highest BCUT2D eigenvalue weighted by Crippen LogP contribution is 2.39. The monoisotopic (exact) mass is 291 g/mol. The Labute approximate surface area is 128 Å². The average Bonchev–Trinajstić information content (AvgIpc) is 2.95. The maximum absolute atomic E-state index is 5.83. The van der Waals surface area contributed by atoms with Crippen LogP contribution < -0.4 is 5.32 Å². The van der Waals surface area contributed by atoms with E-state index >= 15 is 0 Å². The first-order valence-electron chi connectivity index (χ1n) is 8.54. The van der Waals surface area contributed by atoms with Crippen LogP contribution in [-0.4, -0.2) is 35.6 Å². The van der Waals surface area contributed by atoms with Crippen LogP contribution >= 0.6 is 0 Å². The van der Waals surface area contributed by atoms with Gasteiger partial charge in [-0.05, 0) is 45.2 Å². The number of ether oxygens (including phenoxy) is 1.